The van der Waals surface area contributed by atoms with Gasteiger partial charge in [0.1, 0.15) is 12.4 Å². The van der Waals surface area contributed by atoms with E-state index in [-0.39, 0.29) is 31.4 Å². The Morgan fingerprint density at radius 2 is 1.82 bits per heavy atom. The maximum absolute atomic E-state index is 13.2. The molecule has 33 heavy (non-hydrogen) atoms. The van der Waals surface area contributed by atoms with Gasteiger partial charge in [-0.1, -0.05) is 29.8 Å². The molecule has 2 aromatic carbocycles. The van der Waals surface area contributed by atoms with Crippen LogP contribution in [0.1, 0.15) is 29.5 Å². The molecule has 1 saturated heterocycles. The number of esters is 2. The number of carbonyl (C=O) groups is 2. The Morgan fingerprint density at radius 1 is 1.12 bits per heavy atom. The average molecular weight is 473 g/mol. The van der Waals surface area contributed by atoms with Crippen molar-refractivity contribution in [2.24, 2.45) is 5.41 Å². The first-order valence-corrected chi connectivity index (χ1v) is 11.1. The number of halogens is 2. The Labute approximate surface area is 197 Å². The number of likely N-dealkylation sites (tertiary alicyclic amines) is 1. The van der Waals surface area contributed by atoms with Crippen molar-refractivity contribution >= 4 is 23.5 Å². The minimum absolute atomic E-state index is 0.0306. The summed E-state index contributed by atoms with van der Waals surface area (Å²) in [5.41, 5.74) is 1.75. The van der Waals surface area contributed by atoms with Crippen molar-refractivity contribution in [3.63, 3.8) is 0 Å². The van der Waals surface area contributed by atoms with Crippen LogP contribution in [-0.2, 0) is 38.5 Å². The molecule has 8 heteroatoms. The molecule has 2 aromatic rings. The second-order valence-electron chi connectivity index (χ2n) is 8.30. The summed E-state index contributed by atoms with van der Waals surface area (Å²) >= 11 is 6.02. The van der Waals surface area contributed by atoms with Crippen molar-refractivity contribution < 1.29 is 23.5 Å². The number of nitriles is 1. The van der Waals surface area contributed by atoms with Gasteiger partial charge in [-0.15, -0.1) is 0 Å². The molecule has 1 heterocycles. The summed E-state index contributed by atoms with van der Waals surface area (Å²) in [6, 6.07) is 13.8. The van der Waals surface area contributed by atoms with Gasteiger partial charge in [-0.2, -0.15) is 5.26 Å². The van der Waals surface area contributed by atoms with E-state index in [2.05, 4.69) is 6.07 Å². The van der Waals surface area contributed by atoms with Crippen molar-refractivity contribution in [3.05, 3.63) is 70.0 Å². The molecular formula is C25H26ClFN2O4. The van der Waals surface area contributed by atoms with Gasteiger partial charge in [0.25, 0.3) is 0 Å². The predicted molar refractivity (Wildman–Crippen MR) is 121 cm³/mol. The molecule has 0 N–H and O–H groups in total. The van der Waals surface area contributed by atoms with Crippen molar-refractivity contribution in [2.75, 3.05) is 26.7 Å². The van der Waals surface area contributed by atoms with E-state index >= 15 is 0 Å². The molecule has 1 fully saturated rings. The highest BCUT2D eigenvalue weighted by molar-refractivity contribution is 6.30. The van der Waals surface area contributed by atoms with Crippen molar-refractivity contribution in [3.8, 4) is 6.07 Å². The van der Waals surface area contributed by atoms with E-state index in [0.717, 1.165) is 5.56 Å². The van der Waals surface area contributed by atoms with Crippen LogP contribution in [0.25, 0.3) is 0 Å². The largest absolute Gasteiger partial charge is 0.469 e. The average Bonchev–Trinajstić information content (AvgIpc) is 2.81. The van der Waals surface area contributed by atoms with Gasteiger partial charge in [0.2, 0.25) is 0 Å². The zero-order chi connectivity index (χ0) is 23.8. The van der Waals surface area contributed by atoms with Gasteiger partial charge >= 0.3 is 11.9 Å². The van der Waals surface area contributed by atoms with Crippen LogP contribution in [0.2, 0.25) is 5.02 Å². The summed E-state index contributed by atoms with van der Waals surface area (Å²) in [6.07, 6.45) is 1.84. The van der Waals surface area contributed by atoms with Crippen LogP contribution < -0.4 is 0 Å². The van der Waals surface area contributed by atoms with Crippen LogP contribution in [0.3, 0.4) is 0 Å². The minimum atomic E-state index is -0.523. The van der Waals surface area contributed by atoms with E-state index in [1.165, 1.54) is 19.2 Å². The summed E-state index contributed by atoms with van der Waals surface area (Å²) in [5, 5.41) is 10.3. The van der Waals surface area contributed by atoms with E-state index in [4.69, 9.17) is 21.1 Å². The molecule has 174 valence electrons. The third-order valence-electron chi connectivity index (χ3n) is 5.98. The van der Waals surface area contributed by atoms with E-state index in [0.29, 0.717) is 48.5 Å². The first-order chi connectivity index (χ1) is 15.8. The zero-order valence-electron chi connectivity index (χ0n) is 18.5. The lowest BCUT2D eigenvalue weighted by atomic mass is 9.75. The highest BCUT2D eigenvalue weighted by Gasteiger charge is 2.35. The molecule has 6 nitrogen and oxygen atoms in total. The van der Waals surface area contributed by atoms with Crippen molar-refractivity contribution in [1.82, 2.24) is 4.90 Å². The highest BCUT2D eigenvalue weighted by atomic mass is 35.5. The lowest BCUT2D eigenvalue weighted by Crippen LogP contribution is -2.43. The molecule has 0 saturated carbocycles. The first-order valence-electron chi connectivity index (χ1n) is 10.7. The SMILES string of the molecule is COC(=O)Cc1cc(Cl)ccc1COC(=O)CN1CCC(C#N)(Cc2ccc(F)cc2)CC1. The Hall–Kier alpha value is -2.95. The molecule has 1 aliphatic heterocycles. The molecule has 0 amide bonds. The van der Waals surface area contributed by atoms with Crippen molar-refractivity contribution in [1.29, 1.82) is 5.26 Å². The maximum Gasteiger partial charge on any atom is 0.320 e. The second-order valence-corrected chi connectivity index (χ2v) is 8.73. The van der Waals surface area contributed by atoms with Crippen LogP contribution in [0, 0.1) is 22.6 Å². The lowest BCUT2D eigenvalue weighted by molar-refractivity contribution is -0.146. The van der Waals surface area contributed by atoms with E-state index < -0.39 is 11.4 Å². The molecule has 0 bridgehead atoms. The quantitative estimate of drug-likeness (QED) is 0.538. The number of benzene rings is 2. The standard InChI is InChI=1S/C25H26ClFN2O4/c1-32-23(30)13-20-12-21(26)5-4-19(20)16-33-24(31)15-29-10-8-25(17-28,9-11-29)14-18-2-6-22(27)7-3-18/h2-7,12H,8-11,13-16H2,1H3. The molecular weight excluding hydrogens is 447 g/mol. The molecule has 0 unspecified atom stereocenters. The fraction of sp³-hybridized carbons (Fsp3) is 0.400. The zero-order valence-corrected chi connectivity index (χ0v) is 19.2. The summed E-state index contributed by atoms with van der Waals surface area (Å²) < 4.78 is 23.3. The molecule has 1 aliphatic rings. The summed E-state index contributed by atoms with van der Waals surface area (Å²) in [7, 11) is 1.31. The van der Waals surface area contributed by atoms with Gasteiger partial charge in [0.05, 0.1) is 31.6 Å². The lowest BCUT2D eigenvalue weighted by Gasteiger charge is -2.37. The Bertz CT molecular complexity index is 1030. The fourth-order valence-corrected chi connectivity index (χ4v) is 4.17. The molecule has 0 radical (unpaired) electrons. The van der Waals surface area contributed by atoms with Crippen LogP contribution in [0.15, 0.2) is 42.5 Å². The minimum Gasteiger partial charge on any atom is -0.469 e. The van der Waals surface area contributed by atoms with Crippen LogP contribution in [0.5, 0.6) is 0 Å². The predicted octanol–water partition coefficient (Wildman–Crippen LogP) is 4.09. The Morgan fingerprint density at radius 3 is 2.45 bits per heavy atom. The Kier molecular flexibility index (Phi) is 8.43. The van der Waals surface area contributed by atoms with E-state index in [1.807, 2.05) is 4.90 Å². The van der Waals surface area contributed by atoms with Gasteiger partial charge in [-0.25, -0.2) is 4.39 Å². The van der Waals surface area contributed by atoms with Gasteiger partial charge in [0.15, 0.2) is 0 Å². The normalized spacial score (nSPS) is 15.5. The van der Waals surface area contributed by atoms with Crippen molar-refractivity contribution in [2.45, 2.75) is 32.3 Å². The fourth-order valence-electron chi connectivity index (χ4n) is 3.97. The highest BCUT2D eigenvalue weighted by Crippen LogP contribution is 2.34. The number of hydrogen-bond donors (Lipinski definition) is 0. The number of hydrogen-bond acceptors (Lipinski definition) is 6. The number of nitrogens with zero attached hydrogens (tertiary/aromatic N) is 2. The summed E-state index contributed by atoms with van der Waals surface area (Å²) in [6.45, 7) is 1.34. The molecule has 3 rings (SSSR count). The molecule has 0 spiro atoms. The smallest absolute Gasteiger partial charge is 0.320 e. The third-order valence-corrected chi connectivity index (χ3v) is 6.21. The maximum atomic E-state index is 13.2. The number of ether oxygens (including phenoxy) is 2. The Balaban J connectivity index is 1.51. The van der Waals surface area contributed by atoms with E-state index in [9.17, 15) is 19.2 Å². The molecule has 0 atom stereocenters. The van der Waals surface area contributed by atoms with E-state index in [1.54, 1.807) is 30.3 Å². The summed E-state index contributed by atoms with van der Waals surface area (Å²) in [5.74, 6) is -1.08. The molecule has 0 aromatic heterocycles. The number of carbonyl (C=O) groups excluding carboxylic acids is 2. The molecule has 0 aliphatic carbocycles. The first kappa shape index (κ1) is 24.7. The van der Waals surface area contributed by atoms with Gasteiger partial charge in [-0.05, 0) is 60.2 Å². The number of piperidine rings is 1. The van der Waals surface area contributed by atoms with Gasteiger partial charge in [0, 0.05) is 18.1 Å². The third kappa shape index (κ3) is 7.01. The van der Waals surface area contributed by atoms with Crippen LogP contribution >= 0.6 is 11.6 Å². The number of methoxy groups -OCH3 is 1. The van der Waals surface area contributed by atoms with Crippen LogP contribution in [-0.4, -0.2) is 43.6 Å². The number of rotatable bonds is 8. The van der Waals surface area contributed by atoms with Gasteiger partial charge in [-0.3, -0.25) is 14.5 Å². The summed E-state index contributed by atoms with van der Waals surface area (Å²) in [4.78, 5) is 26.0. The van der Waals surface area contributed by atoms with Gasteiger partial charge < -0.3 is 9.47 Å². The second kappa shape index (κ2) is 11.3. The van der Waals surface area contributed by atoms with Crippen LogP contribution in [0.4, 0.5) is 4.39 Å². The topological polar surface area (TPSA) is 79.6 Å². The monoisotopic (exact) mass is 472 g/mol.